The number of hydrogen-bond acceptors (Lipinski definition) is 5. The van der Waals surface area contributed by atoms with Crippen molar-refractivity contribution < 1.29 is 4.52 Å². The quantitative estimate of drug-likeness (QED) is 0.778. The van der Waals surface area contributed by atoms with Crippen LogP contribution in [0.15, 0.2) is 59.4 Å². The van der Waals surface area contributed by atoms with E-state index in [0.29, 0.717) is 18.3 Å². The summed E-state index contributed by atoms with van der Waals surface area (Å²) >= 11 is 0. The number of benzene rings is 1. The van der Waals surface area contributed by atoms with Crippen LogP contribution in [-0.4, -0.2) is 15.1 Å². The van der Waals surface area contributed by atoms with Crippen LogP contribution in [0.4, 0.5) is 0 Å². The fourth-order valence-electron chi connectivity index (χ4n) is 2.23. The highest BCUT2D eigenvalue weighted by molar-refractivity contribution is 5.30. The van der Waals surface area contributed by atoms with Gasteiger partial charge in [-0.3, -0.25) is 10.3 Å². The maximum Gasteiger partial charge on any atom is 0.240 e. The van der Waals surface area contributed by atoms with Gasteiger partial charge in [0.15, 0.2) is 5.82 Å². The van der Waals surface area contributed by atoms with Crippen LogP contribution in [0.5, 0.6) is 0 Å². The topological polar surface area (TPSA) is 63.8 Å². The standard InChI is InChI=1S/C16H16N4O/c1-12-19-15(21-20-12)11-18-16(13-5-3-2-4-6-13)14-7-9-17-10-8-14/h2-10,16,18H,11H2,1H3. The summed E-state index contributed by atoms with van der Waals surface area (Å²) in [5, 5.41) is 7.26. The molecular formula is C16H16N4O. The van der Waals surface area contributed by atoms with Crippen molar-refractivity contribution in [2.24, 2.45) is 0 Å². The molecule has 0 spiro atoms. The molecule has 2 heterocycles. The van der Waals surface area contributed by atoms with Crippen LogP contribution in [0, 0.1) is 6.92 Å². The largest absolute Gasteiger partial charge is 0.338 e. The van der Waals surface area contributed by atoms with Crippen molar-refractivity contribution in [2.75, 3.05) is 0 Å². The third-order valence-electron chi connectivity index (χ3n) is 3.20. The van der Waals surface area contributed by atoms with Gasteiger partial charge in [-0.25, -0.2) is 0 Å². The van der Waals surface area contributed by atoms with E-state index in [4.69, 9.17) is 4.52 Å². The van der Waals surface area contributed by atoms with Crippen molar-refractivity contribution in [2.45, 2.75) is 19.5 Å². The van der Waals surface area contributed by atoms with Crippen LogP contribution < -0.4 is 5.32 Å². The van der Waals surface area contributed by atoms with Crippen molar-refractivity contribution in [1.82, 2.24) is 20.4 Å². The summed E-state index contributed by atoms with van der Waals surface area (Å²) in [6.07, 6.45) is 3.59. The zero-order valence-corrected chi connectivity index (χ0v) is 11.7. The van der Waals surface area contributed by atoms with Gasteiger partial charge in [-0.05, 0) is 30.2 Å². The molecule has 0 bridgehead atoms. The van der Waals surface area contributed by atoms with Crippen LogP contribution >= 0.6 is 0 Å². The Hall–Kier alpha value is -2.53. The molecule has 0 aliphatic heterocycles. The number of hydrogen-bond donors (Lipinski definition) is 1. The van der Waals surface area contributed by atoms with Gasteiger partial charge in [-0.2, -0.15) is 4.98 Å². The summed E-state index contributed by atoms with van der Waals surface area (Å²) in [6, 6.07) is 14.3. The Morgan fingerprint density at radius 3 is 2.43 bits per heavy atom. The third-order valence-corrected chi connectivity index (χ3v) is 3.20. The number of nitrogens with one attached hydrogen (secondary N) is 1. The highest BCUT2D eigenvalue weighted by Crippen LogP contribution is 2.21. The smallest absolute Gasteiger partial charge is 0.240 e. The summed E-state index contributed by atoms with van der Waals surface area (Å²) in [4.78, 5) is 8.29. The fourth-order valence-corrected chi connectivity index (χ4v) is 2.23. The van der Waals surface area contributed by atoms with Crippen LogP contribution in [0.1, 0.15) is 28.9 Å². The third kappa shape index (κ3) is 3.32. The van der Waals surface area contributed by atoms with E-state index >= 15 is 0 Å². The molecule has 3 aromatic rings. The predicted molar refractivity (Wildman–Crippen MR) is 78.4 cm³/mol. The number of aromatic nitrogens is 3. The first-order chi connectivity index (χ1) is 10.3. The number of aryl methyl sites for hydroxylation is 1. The van der Waals surface area contributed by atoms with Crippen LogP contribution in [0.25, 0.3) is 0 Å². The summed E-state index contributed by atoms with van der Waals surface area (Å²) in [7, 11) is 0. The predicted octanol–water partition coefficient (Wildman–Crippen LogP) is 2.65. The van der Waals surface area contributed by atoms with E-state index in [2.05, 4.69) is 32.6 Å². The van der Waals surface area contributed by atoms with E-state index in [1.165, 1.54) is 5.56 Å². The van der Waals surface area contributed by atoms with Crippen molar-refractivity contribution in [3.8, 4) is 0 Å². The second-order valence-electron chi connectivity index (χ2n) is 4.74. The molecule has 0 amide bonds. The van der Waals surface area contributed by atoms with Gasteiger partial charge >= 0.3 is 0 Å². The van der Waals surface area contributed by atoms with Gasteiger partial charge in [-0.1, -0.05) is 35.5 Å². The van der Waals surface area contributed by atoms with Crippen molar-refractivity contribution in [1.29, 1.82) is 0 Å². The Kier molecular flexibility index (Phi) is 4.02. The summed E-state index contributed by atoms with van der Waals surface area (Å²) in [5.74, 6) is 1.23. The van der Waals surface area contributed by atoms with E-state index in [0.717, 1.165) is 5.56 Å². The molecule has 106 valence electrons. The average molecular weight is 280 g/mol. The van der Waals surface area contributed by atoms with Gasteiger partial charge in [0, 0.05) is 12.4 Å². The van der Waals surface area contributed by atoms with Crippen molar-refractivity contribution in [3.63, 3.8) is 0 Å². The zero-order valence-electron chi connectivity index (χ0n) is 11.7. The minimum atomic E-state index is 0.0569. The molecule has 0 fully saturated rings. The lowest BCUT2D eigenvalue weighted by molar-refractivity contribution is 0.359. The molecule has 1 unspecified atom stereocenters. The molecule has 0 radical (unpaired) electrons. The Morgan fingerprint density at radius 2 is 1.76 bits per heavy atom. The molecule has 0 aliphatic rings. The van der Waals surface area contributed by atoms with Crippen LogP contribution in [-0.2, 0) is 6.54 Å². The zero-order chi connectivity index (χ0) is 14.5. The lowest BCUT2D eigenvalue weighted by Gasteiger charge is -2.18. The van der Waals surface area contributed by atoms with Crippen LogP contribution in [0.3, 0.4) is 0 Å². The summed E-state index contributed by atoms with van der Waals surface area (Å²) < 4.78 is 5.15. The number of nitrogens with zero attached hydrogens (tertiary/aromatic N) is 3. The van der Waals surface area contributed by atoms with E-state index in [1.54, 1.807) is 12.4 Å². The van der Waals surface area contributed by atoms with E-state index in [-0.39, 0.29) is 6.04 Å². The summed E-state index contributed by atoms with van der Waals surface area (Å²) in [6.45, 7) is 2.33. The molecule has 5 nitrogen and oxygen atoms in total. The van der Waals surface area contributed by atoms with Crippen molar-refractivity contribution >= 4 is 0 Å². The minimum Gasteiger partial charge on any atom is -0.338 e. The monoisotopic (exact) mass is 280 g/mol. The van der Waals surface area contributed by atoms with E-state index in [1.807, 2.05) is 37.3 Å². The van der Waals surface area contributed by atoms with Crippen LogP contribution in [0.2, 0.25) is 0 Å². The van der Waals surface area contributed by atoms with Gasteiger partial charge in [0.25, 0.3) is 0 Å². The first-order valence-corrected chi connectivity index (χ1v) is 6.80. The molecule has 0 aliphatic carbocycles. The normalized spacial score (nSPS) is 12.2. The SMILES string of the molecule is Cc1noc(CNC(c2ccccc2)c2ccncc2)n1. The Labute approximate surface area is 123 Å². The summed E-state index contributed by atoms with van der Waals surface area (Å²) in [5.41, 5.74) is 2.33. The molecule has 2 aromatic heterocycles. The molecule has 0 saturated carbocycles. The van der Waals surface area contributed by atoms with Gasteiger partial charge in [0.2, 0.25) is 5.89 Å². The Morgan fingerprint density at radius 1 is 1.05 bits per heavy atom. The van der Waals surface area contributed by atoms with E-state index < -0.39 is 0 Å². The maximum atomic E-state index is 5.15. The molecule has 21 heavy (non-hydrogen) atoms. The fraction of sp³-hybridized carbons (Fsp3) is 0.188. The van der Waals surface area contributed by atoms with E-state index in [9.17, 15) is 0 Å². The number of pyridine rings is 1. The molecule has 1 atom stereocenters. The highest BCUT2D eigenvalue weighted by atomic mass is 16.5. The molecule has 3 rings (SSSR count). The maximum absolute atomic E-state index is 5.15. The lowest BCUT2D eigenvalue weighted by atomic mass is 10.00. The minimum absolute atomic E-state index is 0.0569. The molecule has 0 saturated heterocycles. The Bertz CT molecular complexity index is 642. The first kappa shape index (κ1) is 13.5. The molecule has 1 N–H and O–H groups in total. The molecule has 5 heteroatoms. The van der Waals surface area contributed by atoms with Gasteiger partial charge in [-0.15, -0.1) is 0 Å². The van der Waals surface area contributed by atoms with Gasteiger partial charge in [0.05, 0.1) is 12.6 Å². The average Bonchev–Trinajstić information content (AvgIpc) is 2.95. The molecule has 1 aromatic carbocycles. The highest BCUT2D eigenvalue weighted by Gasteiger charge is 2.14. The van der Waals surface area contributed by atoms with Crippen molar-refractivity contribution in [3.05, 3.63) is 77.7 Å². The lowest BCUT2D eigenvalue weighted by Crippen LogP contribution is -2.22. The second-order valence-corrected chi connectivity index (χ2v) is 4.74. The first-order valence-electron chi connectivity index (χ1n) is 6.80. The molecular weight excluding hydrogens is 264 g/mol. The number of rotatable bonds is 5. The Balaban J connectivity index is 1.83. The second kappa shape index (κ2) is 6.28. The van der Waals surface area contributed by atoms with Gasteiger partial charge in [0.1, 0.15) is 0 Å². The van der Waals surface area contributed by atoms with Gasteiger partial charge < -0.3 is 4.52 Å².